The fourth-order valence-corrected chi connectivity index (χ4v) is 2.80. The van der Waals surface area contributed by atoms with Crippen molar-refractivity contribution in [2.75, 3.05) is 25.5 Å². The molecular formula is C13H18N2O. The molecule has 0 amide bonds. The lowest BCUT2D eigenvalue weighted by molar-refractivity contribution is 0.330. The summed E-state index contributed by atoms with van der Waals surface area (Å²) < 4.78 is 5.26. The van der Waals surface area contributed by atoms with E-state index in [0.29, 0.717) is 6.04 Å². The lowest BCUT2D eigenvalue weighted by Gasteiger charge is -2.38. The maximum Gasteiger partial charge on any atom is 0.120 e. The van der Waals surface area contributed by atoms with Crippen LogP contribution in [-0.2, 0) is 6.42 Å². The zero-order chi connectivity index (χ0) is 11.0. The van der Waals surface area contributed by atoms with E-state index in [1.165, 1.54) is 24.1 Å². The first-order chi connectivity index (χ1) is 7.86. The molecule has 1 aromatic rings. The summed E-state index contributed by atoms with van der Waals surface area (Å²) in [5, 5.41) is 7.08. The Balaban J connectivity index is 1.89. The zero-order valence-electron chi connectivity index (χ0n) is 9.62. The number of hydrogen-bond donors (Lipinski definition) is 2. The molecular weight excluding hydrogens is 200 g/mol. The third-order valence-electron chi connectivity index (χ3n) is 3.77. The summed E-state index contributed by atoms with van der Waals surface area (Å²) in [5.74, 6) is 1.73. The van der Waals surface area contributed by atoms with Gasteiger partial charge >= 0.3 is 0 Å². The van der Waals surface area contributed by atoms with Gasteiger partial charge < -0.3 is 15.4 Å². The molecule has 2 aliphatic heterocycles. The summed E-state index contributed by atoms with van der Waals surface area (Å²) in [4.78, 5) is 0. The molecule has 16 heavy (non-hydrogen) atoms. The van der Waals surface area contributed by atoms with E-state index >= 15 is 0 Å². The van der Waals surface area contributed by atoms with Crippen LogP contribution in [0.1, 0.15) is 12.0 Å². The summed E-state index contributed by atoms with van der Waals surface area (Å²) >= 11 is 0. The van der Waals surface area contributed by atoms with Crippen LogP contribution in [0.2, 0.25) is 0 Å². The molecule has 0 bridgehead atoms. The zero-order valence-corrected chi connectivity index (χ0v) is 9.62. The van der Waals surface area contributed by atoms with Gasteiger partial charge in [-0.15, -0.1) is 0 Å². The number of hydrogen-bond acceptors (Lipinski definition) is 3. The van der Waals surface area contributed by atoms with Gasteiger partial charge in [0.15, 0.2) is 0 Å². The Morgan fingerprint density at radius 2 is 2.31 bits per heavy atom. The van der Waals surface area contributed by atoms with E-state index < -0.39 is 0 Å². The number of ether oxygens (including phenoxy) is 1. The fraction of sp³-hybridized carbons (Fsp3) is 0.538. The molecule has 2 aliphatic rings. The topological polar surface area (TPSA) is 33.3 Å². The predicted molar refractivity (Wildman–Crippen MR) is 65.1 cm³/mol. The smallest absolute Gasteiger partial charge is 0.120 e. The van der Waals surface area contributed by atoms with Gasteiger partial charge in [-0.1, -0.05) is 6.07 Å². The van der Waals surface area contributed by atoms with Crippen molar-refractivity contribution in [3.8, 4) is 5.75 Å². The van der Waals surface area contributed by atoms with Crippen molar-refractivity contribution in [1.82, 2.24) is 5.32 Å². The molecule has 0 spiro atoms. The lowest BCUT2D eigenvalue weighted by Crippen LogP contribution is -2.48. The third-order valence-corrected chi connectivity index (χ3v) is 3.77. The molecule has 3 rings (SSSR count). The van der Waals surface area contributed by atoms with E-state index in [1.54, 1.807) is 7.11 Å². The highest BCUT2D eigenvalue weighted by atomic mass is 16.5. The van der Waals surface area contributed by atoms with Crippen molar-refractivity contribution in [2.45, 2.75) is 18.9 Å². The second-order valence-electron chi connectivity index (χ2n) is 4.73. The van der Waals surface area contributed by atoms with Crippen molar-refractivity contribution >= 4 is 5.69 Å². The van der Waals surface area contributed by atoms with E-state index in [4.69, 9.17) is 4.74 Å². The second kappa shape index (κ2) is 3.98. The molecule has 0 radical (unpaired) electrons. The monoisotopic (exact) mass is 218 g/mol. The van der Waals surface area contributed by atoms with E-state index in [-0.39, 0.29) is 0 Å². The van der Waals surface area contributed by atoms with E-state index in [2.05, 4.69) is 28.8 Å². The average Bonchev–Trinajstić information content (AvgIpc) is 2.35. The quantitative estimate of drug-likeness (QED) is 0.752. The number of fused-ring (bicyclic) bond motifs is 2. The molecule has 3 nitrogen and oxygen atoms in total. The van der Waals surface area contributed by atoms with Crippen LogP contribution in [0, 0.1) is 5.92 Å². The lowest BCUT2D eigenvalue weighted by atomic mass is 9.83. The predicted octanol–water partition coefficient (Wildman–Crippen LogP) is 1.64. The molecule has 0 aromatic heterocycles. The largest absolute Gasteiger partial charge is 0.497 e. The summed E-state index contributed by atoms with van der Waals surface area (Å²) in [6, 6.07) is 6.95. The third kappa shape index (κ3) is 1.65. The van der Waals surface area contributed by atoms with Crippen LogP contribution >= 0.6 is 0 Å². The summed E-state index contributed by atoms with van der Waals surface area (Å²) in [6.07, 6.45) is 2.49. The van der Waals surface area contributed by atoms with Crippen LogP contribution in [0.25, 0.3) is 0 Å². The van der Waals surface area contributed by atoms with Gasteiger partial charge in [0.1, 0.15) is 5.75 Å². The first kappa shape index (κ1) is 9.97. The van der Waals surface area contributed by atoms with Crippen LogP contribution < -0.4 is 15.4 Å². The molecule has 2 unspecified atom stereocenters. The Morgan fingerprint density at radius 3 is 3.19 bits per heavy atom. The van der Waals surface area contributed by atoms with Crippen LogP contribution in [0.3, 0.4) is 0 Å². The maximum absolute atomic E-state index is 5.26. The minimum absolute atomic E-state index is 0.591. The molecule has 1 saturated heterocycles. The van der Waals surface area contributed by atoms with Crippen LogP contribution in [-0.4, -0.2) is 26.2 Å². The average molecular weight is 218 g/mol. The summed E-state index contributed by atoms with van der Waals surface area (Å²) in [6.45, 7) is 2.25. The molecule has 1 aromatic carbocycles. The van der Waals surface area contributed by atoms with Gasteiger partial charge in [-0.2, -0.15) is 0 Å². The fourth-order valence-electron chi connectivity index (χ4n) is 2.80. The standard InChI is InChI=1S/C13H18N2O/c1-16-11-3-2-9-6-10-4-5-14-8-13(10)15-12(9)7-11/h2-3,7,10,13-15H,4-6,8H2,1H3. The van der Waals surface area contributed by atoms with E-state index in [1.807, 2.05) is 0 Å². The molecule has 3 heteroatoms. The number of benzene rings is 1. The number of piperidine rings is 1. The Labute approximate surface area is 96.2 Å². The van der Waals surface area contributed by atoms with E-state index in [9.17, 15) is 0 Å². The molecule has 0 aliphatic carbocycles. The Hall–Kier alpha value is -1.22. The normalized spacial score (nSPS) is 27.6. The van der Waals surface area contributed by atoms with Gasteiger partial charge in [0.2, 0.25) is 0 Å². The number of rotatable bonds is 1. The number of nitrogens with one attached hydrogen (secondary N) is 2. The molecule has 2 atom stereocenters. The van der Waals surface area contributed by atoms with Gasteiger partial charge in [0.05, 0.1) is 7.11 Å². The van der Waals surface area contributed by atoms with Gasteiger partial charge in [-0.05, 0) is 36.9 Å². The van der Waals surface area contributed by atoms with Gasteiger partial charge in [0, 0.05) is 24.3 Å². The van der Waals surface area contributed by atoms with Crippen molar-refractivity contribution in [2.24, 2.45) is 5.92 Å². The summed E-state index contributed by atoms with van der Waals surface area (Å²) in [7, 11) is 1.72. The van der Waals surface area contributed by atoms with Crippen LogP contribution in [0.15, 0.2) is 18.2 Å². The van der Waals surface area contributed by atoms with Crippen molar-refractivity contribution < 1.29 is 4.74 Å². The highest BCUT2D eigenvalue weighted by Gasteiger charge is 2.29. The second-order valence-corrected chi connectivity index (χ2v) is 4.73. The molecule has 1 fully saturated rings. The Kier molecular flexibility index (Phi) is 2.48. The van der Waals surface area contributed by atoms with Crippen LogP contribution in [0.5, 0.6) is 5.75 Å². The van der Waals surface area contributed by atoms with Crippen molar-refractivity contribution in [3.05, 3.63) is 23.8 Å². The summed E-state index contributed by atoms with van der Waals surface area (Å²) in [5.41, 5.74) is 2.69. The Bertz CT molecular complexity index is 392. The highest BCUT2D eigenvalue weighted by molar-refractivity contribution is 5.58. The van der Waals surface area contributed by atoms with Gasteiger partial charge in [0.25, 0.3) is 0 Å². The highest BCUT2D eigenvalue weighted by Crippen LogP contribution is 2.33. The van der Waals surface area contributed by atoms with Crippen molar-refractivity contribution in [1.29, 1.82) is 0 Å². The van der Waals surface area contributed by atoms with Gasteiger partial charge in [-0.25, -0.2) is 0 Å². The maximum atomic E-state index is 5.26. The van der Waals surface area contributed by atoms with Crippen molar-refractivity contribution in [3.63, 3.8) is 0 Å². The van der Waals surface area contributed by atoms with Crippen LogP contribution in [0.4, 0.5) is 5.69 Å². The van der Waals surface area contributed by atoms with Gasteiger partial charge in [-0.3, -0.25) is 0 Å². The molecule has 2 N–H and O–H groups in total. The minimum atomic E-state index is 0.591. The first-order valence-electron chi connectivity index (χ1n) is 6.01. The molecule has 2 heterocycles. The SMILES string of the molecule is COc1ccc2c(c1)NC1CNCCC1C2. The van der Waals surface area contributed by atoms with E-state index in [0.717, 1.165) is 24.8 Å². The Morgan fingerprint density at radius 1 is 1.38 bits per heavy atom. The molecule has 0 saturated carbocycles. The number of anilines is 1. The first-order valence-corrected chi connectivity index (χ1v) is 6.01. The number of methoxy groups -OCH3 is 1. The minimum Gasteiger partial charge on any atom is -0.497 e. The molecule has 86 valence electrons.